The molecule has 2 aliphatic rings. The average Bonchev–Trinajstić information content (AvgIpc) is 2.18. The first kappa shape index (κ1) is 9.97. The molecule has 6 heteroatoms. The highest BCUT2D eigenvalue weighted by Crippen LogP contribution is 2.24. The van der Waals surface area contributed by atoms with Crippen LogP contribution in [-0.4, -0.2) is 21.2 Å². The summed E-state index contributed by atoms with van der Waals surface area (Å²) in [5, 5.41) is 10.7. The summed E-state index contributed by atoms with van der Waals surface area (Å²) in [7, 11) is 0. The second kappa shape index (κ2) is 3.54. The number of halogens is 1. The van der Waals surface area contributed by atoms with Gasteiger partial charge < -0.3 is 0 Å². The highest BCUT2D eigenvalue weighted by atomic mass is 79.9. The van der Waals surface area contributed by atoms with E-state index in [1.54, 1.807) is 6.08 Å². The first-order chi connectivity index (χ1) is 7.09. The Kier molecular flexibility index (Phi) is 2.36. The van der Waals surface area contributed by atoms with E-state index in [4.69, 9.17) is 0 Å². The van der Waals surface area contributed by atoms with Crippen molar-refractivity contribution >= 4 is 27.4 Å². The highest BCUT2D eigenvalue weighted by molar-refractivity contribution is 9.09. The van der Waals surface area contributed by atoms with Crippen molar-refractivity contribution in [2.75, 3.05) is 0 Å². The lowest BCUT2D eigenvalue weighted by molar-refractivity contribution is -0.415. The lowest BCUT2D eigenvalue weighted by Gasteiger charge is -2.14. The summed E-state index contributed by atoms with van der Waals surface area (Å²) in [6.45, 7) is 0. The predicted octanol–water partition coefficient (Wildman–Crippen LogP) is 1.39. The van der Waals surface area contributed by atoms with E-state index in [0.29, 0.717) is 0 Å². The topological polar surface area (TPSA) is 72.6 Å². The molecule has 76 valence electrons. The molecule has 0 radical (unpaired) electrons. The Morgan fingerprint density at radius 2 is 2.20 bits per heavy atom. The van der Waals surface area contributed by atoms with Gasteiger partial charge in [-0.3, -0.25) is 14.9 Å². The van der Waals surface area contributed by atoms with E-state index in [1.165, 1.54) is 18.4 Å². The molecule has 5 nitrogen and oxygen atoms in total. The van der Waals surface area contributed by atoms with Crippen LogP contribution in [0.15, 0.2) is 40.7 Å². The minimum Gasteiger partial charge on any atom is -0.289 e. The van der Waals surface area contributed by atoms with Gasteiger partial charge in [-0.2, -0.15) is 0 Å². The summed E-state index contributed by atoms with van der Waals surface area (Å²) >= 11 is 3.20. The molecule has 0 saturated carbocycles. The molecule has 0 bridgehead atoms. The van der Waals surface area contributed by atoms with Crippen LogP contribution >= 0.6 is 15.9 Å². The van der Waals surface area contributed by atoms with E-state index in [2.05, 4.69) is 20.9 Å². The first-order valence-electron chi connectivity index (χ1n) is 4.11. The molecule has 0 aromatic carbocycles. The minimum absolute atomic E-state index is 0.132. The van der Waals surface area contributed by atoms with Crippen molar-refractivity contribution < 1.29 is 9.72 Å². The molecule has 0 fully saturated rings. The fourth-order valence-corrected chi connectivity index (χ4v) is 1.92. The van der Waals surface area contributed by atoms with E-state index >= 15 is 0 Å². The summed E-state index contributed by atoms with van der Waals surface area (Å²) in [4.78, 5) is 25.2. The zero-order valence-electron chi connectivity index (χ0n) is 7.38. The number of aliphatic imine (C=N–C) groups is 1. The van der Waals surface area contributed by atoms with E-state index < -0.39 is 4.92 Å². The van der Waals surface area contributed by atoms with Crippen molar-refractivity contribution in [1.82, 2.24) is 0 Å². The van der Waals surface area contributed by atoms with Crippen LogP contribution < -0.4 is 0 Å². The molecular weight excluding hydrogens is 264 g/mol. The molecule has 1 aliphatic heterocycles. The largest absolute Gasteiger partial charge is 0.293 e. The number of allylic oxidation sites excluding steroid dienone is 4. The third-order valence-electron chi connectivity index (χ3n) is 2.03. The van der Waals surface area contributed by atoms with Gasteiger partial charge in [0.1, 0.15) is 0 Å². The number of alkyl halides is 1. The fourth-order valence-electron chi connectivity index (χ4n) is 1.41. The number of fused-ring (bicyclic) bond motifs is 1. The van der Waals surface area contributed by atoms with Crippen LogP contribution in [0.25, 0.3) is 0 Å². The number of nitrogens with zero attached hydrogens (tertiary/aromatic N) is 2. The highest BCUT2D eigenvalue weighted by Gasteiger charge is 2.32. The summed E-state index contributed by atoms with van der Waals surface area (Å²) in [5.74, 6) is -0.253. The van der Waals surface area contributed by atoms with Crippen LogP contribution in [0, 0.1) is 10.1 Å². The maximum absolute atomic E-state index is 11.4. The second-order valence-electron chi connectivity index (χ2n) is 2.99. The van der Waals surface area contributed by atoms with Gasteiger partial charge in [-0.05, 0) is 0 Å². The van der Waals surface area contributed by atoms with Crippen molar-refractivity contribution in [3.8, 4) is 0 Å². The third-order valence-corrected chi connectivity index (χ3v) is 2.56. The molecule has 0 spiro atoms. The van der Waals surface area contributed by atoms with E-state index in [-0.39, 0.29) is 27.6 Å². The summed E-state index contributed by atoms with van der Waals surface area (Å²) in [6.07, 6.45) is 5.59. The molecule has 0 aromatic rings. The Morgan fingerprint density at radius 3 is 2.87 bits per heavy atom. The fraction of sp³-hybridized carbons (Fsp3) is 0.111. The number of carbonyl (C=O) groups is 1. The molecule has 1 aliphatic carbocycles. The predicted molar refractivity (Wildman–Crippen MR) is 57.5 cm³/mol. The average molecular weight is 269 g/mol. The first-order valence-corrected chi connectivity index (χ1v) is 5.02. The molecule has 15 heavy (non-hydrogen) atoms. The van der Waals surface area contributed by atoms with Crippen molar-refractivity contribution in [3.05, 3.63) is 45.8 Å². The molecule has 0 saturated heterocycles. The minimum atomic E-state index is -0.535. The Labute approximate surface area is 93.2 Å². The van der Waals surface area contributed by atoms with Gasteiger partial charge in [0.2, 0.25) is 0 Å². The number of hydrogen-bond donors (Lipinski definition) is 0. The van der Waals surface area contributed by atoms with Crippen molar-refractivity contribution in [1.29, 1.82) is 0 Å². The van der Waals surface area contributed by atoms with Crippen LogP contribution in [0.5, 0.6) is 0 Å². The van der Waals surface area contributed by atoms with Crippen LogP contribution in [-0.2, 0) is 4.79 Å². The summed E-state index contributed by atoms with van der Waals surface area (Å²) < 4.78 is 0. The number of carbonyl (C=O) groups excluding carboxylic acids is 1. The Bertz CT molecular complexity index is 474. The zero-order chi connectivity index (χ0) is 11.0. The molecule has 0 aromatic heterocycles. The second-order valence-corrected chi connectivity index (χ2v) is 4.05. The van der Waals surface area contributed by atoms with Crippen molar-refractivity contribution in [3.63, 3.8) is 0 Å². The van der Waals surface area contributed by atoms with Gasteiger partial charge in [-0.1, -0.05) is 22.0 Å². The van der Waals surface area contributed by atoms with Gasteiger partial charge in [-0.25, -0.2) is 4.99 Å². The molecular formula is C9H5BrN2O3. The standard InChI is InChI=1S/C9H5BrN2O3/c10-5-3-6-8(13)1-2-11-9(6)7(4-5)12(14)15/h1-5H. The maximum atomic E-state index is 11.4. The number of nitro groups is 1. The van der Waals surface area contributed by atoms with Crippen molar-refractivity contribution in [2.45, 2.75) is 4.83 Å². The van der Waals surface area contributed by atoms with Gasteiger partial charge in [-0.15, -0.1) is 0 Å². The molecule has 0 N–H and O–H groups in total. The number of hydrogen-bond acceptors (Lipinski definition) is 4. The van der Waals surface area contributed by atoms with Crippen LogP contribution in [0.2, 0.25) is 0 Å². The summed E-state index contributed by atoms with van der Waals surface area (Å²) in [6, 6.07) is 0. The Hall–Kier alpha value is -1.56. The quantitative estimate of drug-likeness (QED) is 0.410. The zero-order valence-corrected chi connectivity index (χ0v) is 8.97. The van der Waals surface area contributed by atoms with Crippen molar-refractivity contribution in [2.24, 2.45) is 4.99 Å². The van der Waals surface area contributed by atoms with Crippen LogP contribution in [0.3, 0.4) is 0 Å². The molecule has 0 amide bonds. The third kappa shape index (κ3) is 1.68. The van der Waals surface area contributed by atoms with E-state index in [9.17, 15) is 14.9 Å². The monoisotopic (exact) mass is 268 g/mol. The maximum Gasteiger partial charge on any atom is 0.293 e. The van der Waals surface area contributed by atoms with E-state index in [0.717, 1.165) is 0 Å². The van der Waals surface area contributed by atoms with Gasteiger partial charge in [0, 0.05) is 18.4 Å². The van der Waals surface area contributed by atoms with Gasteiger partial charge in [0.15, 0.2) is 11.5 Å². The number of rotatable bonds is 1. The van der Waals surface area contributed by atoms with Crippen LogP contribution in [0.4, 0.5) is 0 Å². The normalized spacial score (nSPS) is 23.9. The van der Waals surface area contributed by atoms with Crippen LogP contribution in [0.1, 0.15) is 0 Å². The lowest BCUT2D eigenvalue weighted by atomic mass is 9.95. The SMILES string of the molecule is O=C1C=CN=C2C1=CC(Br)C=C2[N+](=O)[O-]. The van der Waals surface area contributed by atoms with E-state index in [1.807, 2.05) is 0 Å². The molecule has 1 heterocycles. The van der Waals surface area contributed by atoms with Gasteiger partial charge >= 0.3 is 0 Å². The molecule has 1 unspecified atom stereocenters. The smallest absolute Gasteiger partial charge is 0.289 e. The Morgan fingerprint density at radius 1 is 1.47 bits per heavy atom. The summed E-state index contributed by atoms with van der Waals surface area (Å²) in [5.41, 5.74) is 0.295. The van der Waals surface area contributed by atoms with Gasteiger partial charge in [0.25, 0.3) is 5.70 Å². The van der Waals surface area contributed by atoms with Gasteiger partial charge in [0.05, 0.1) is 15.3 Å². The number of ketones is 1. The molecule has 2 rings (SSSR count). The lowest BCUT2D eigenvalue weighted by Crippen LogP contribution is -2.25. The Balaban J connectivity index is 2.54. The molecule has 1 atom stereocenters.